The van der Waals surface area contributed by atoms with E-state index < -0.39 is 10.0 Å². The topological polar surface area (TPSA) is 122 Å². The van der Waals surface area contributed by atoms with Crippen molar-refractivity contribution in [3.63, 3.8) is 0 Å². The van der Waals surface area contributed by atoms with Crippen molar-refractivity contribution in [2.75, 3.05) is 18.4 Å². The summed E-state index contributed by atoms with van der Waals surface area (Å²) in [4.78, 5) is 29.9. The van der Waals surface area contributed by atoms with E-state index in [-0.39, 0.29) is 35.6 Å². The maximum atomic E-state index is 13.3. The molecule has 4 rings (SSSR count). The Hall–Kier alpha value is -2.89. The Bertz CT molecular complexity index is 1300. The molecule has 1 aromatic carbocycles. The highest BCUT2D eigenvalue weighted by molar-refractivity contribution is 7.89. The Labute approximate surface area is 202 Å². The zero-order valence-electron chi connectivity index (χ0n) is 19.2. The largest absolute Gasteiger partial charge is 0.339 e. The molecular weight excluding hydrogens is 476 g/mol. The van der Waals surface area contributed by atoms with Gasteiger partial charge < -0.3 is 9.84 Å². The summed E-state index contributed by atoms with van der Waals surface area (Å²) in [5.74, 6) is 0.413. The minimum Gasteiger partial charge on any atom is -0.339 e. The lowest BCUT2D eigenvalue weighted by molar-refractivity contribution is -0.120. The standard InChI is InChI=1S/C23H26N4O5S2/c1-4-21-25-22(26-32-21)19-13-20(15(3)33-19)34(30,31)27-11-9-17(10-12-27)23(29)24-18-7-5-16(6-8-18)14(2)28/h5-8,13,17H,4,9-12H2,1-3H3,(H,24,29). The first-order chi connectivity index (χ1) is 16.2. The first-order valence-corrected chi connectivity index (χ1v) is 13.3. The van der Waals surface area contributed by atoms with Crippen LogP contribution in [0, 0.1) is 12.8 Å². The van der Waals surface area contributed by atoms with E-state index in [1.165, 1.54) is 22.6 Å². The molecule has 34 heavy (non-hydrogen) atoms. The molecule has 1 amide bonds. The number of rotatable bonds is 7. The Morgan fingerprint density at radius 2 is 1.88 bits per heavy atom. The zero-order valence-corrected chi connectivity index (χ0v) is 20.8. The van der Waals surface area contributed by atoms with Crippen LogP contribution in [0.25, 0.3) is 10.7 Å². The molecule has 0 bridgehead atoms. The fraction of sp³-hybridized carbons (Fsp3) is 0.391. The van der Waals surface area contributed by atoms with Gasteiger partial charge in [-0.25, -0.2) is 8.42 Å². The van der Waals surface area contributed by atoms with Gasteiger partial charge in [-0.3, -0.25) is 9.59 Å². The number of ketones is 1. The highest BCUT2D eigenvalue weighted by Crippen LogP contribution is 2.35. The van der Waals surface area contributed by atoms with E-state index >= 15 is 0 Å². The minimum absolute atomic E-state index is 0.0394. The first kappa shape index (κ1) is 24.2. The van der Waals surface area contributed by atoms with Crippen LogP contribution in [-0.4, -0.2) is 47.6 Å². The number of sulfonamides is 1. The molecule has 3 aromatic rings. The zero-order chi connectivity index (χ0) is 24.5. The SMILES string of the molecule is CCc1nc(-c2cc(S(=O)(=O)N3CCC(C(=O)Nc4ccc(C(C)=O)cc4)CC3)c(C)s2)no1. The predicted molar refractivity (Wildman–Crippen MR) is 128 cm³/mol. The number of benzene rings is 1. The van der Waals surface area contributed by atoms with Crippen molar-refractivity contribution in [3.8, 4) is 10.7 Å². The third kappa shape index (κ3) is 4.96. The van der Waals surface area contributed by atoms with Gasteiger partial charge in [0.1, 0.15) is 0 Å². The van der Waals surface area contributed by atoms with Crippen LogP contribution in [0.3, 0.4) is 0 Å². The van der Waals surface area contributed by atoms with Crippen molar-refractivity contribution >= 4 is 38.7 Å². The maximum Gasteiger partial charge on any atom is 0.244 e. The van der Waals surface area contributed by atoms with Crippen LogP contribution in [-0.2, 0) is 21.2 Å². The molecule has 3 heterocycles. The lowest BCUT2D eigenvalue weighted by atomic mass is 9.97. The summed E-state index contributed by atoms with van der Waals surface area (Å²) in [6.07, 6.45) is 1.46. The number of aryl methyl sites for hydroxylation is 2. The molecule has 0 radical (unpaired) electrons. The van der Waals surface area contributed by atoms with Crippen LogP contribution in [0.15, 0.2) is 39.8 Å². The molecule has 1 aliphatic heterocycles. The predicted octanol–water partition coefficient (Wildman–Crippen LogP) is 3.91. The number of hydrogen-bond acceptors (Lipinski definition) is 8. The number of nitrogens with one attached hydrogen (secondary N) is 1. The molecule has 1 aliphatic rings. The van der Waals surface area contributed by atoms with Crippen molar-refractivity contribution in [3.05, 3.63) is 46.7 Å². The number of carbonyl (C=O) groups excluding carboxylic acids is 2. The molecule has 11 heteroatoms. The maximum absolute atomic E-state index is 13.3. The van der Waals surface area contributed by atoms with Gasteiger partial charge in [0, 0.05) is 41.6 Å². The lowest BCUT2D eigenvalue weighted by Crippen LogP contribution is -2.41. The molecule has 2 aromatic heterocycles. The van der Waals surface area contributed by atoms with Gasteiger partial charge in [0.15, 0.2) is 5.78 Å². The van der Waals surface area contributed by atoms with Crippen LogP contribution in [0.2, 0.25) is 0 Å². The lowest BCUT2D eigenvalue weighted by Gasteiger charge is -2.30. The molecule has 0 spiro atoms. The fourth-order valence-electron chi connectivity index (χ4n) is 3.86. The molecule has 1 saturated heterocycles. The van der Waals surface area contributed by atoms with Crippen molar-refractivity contribution in [1.29, 1.82) is 0 Å². The van der Waals surface area contributed by atoms with E-state index in [0.717, 1.165) is 0 Å². The van der Waals surface area contributed by atoms with Crippen molar-refractivity contribution < 1.29 is 22.5 Å². The Morgan fingerprint density at radius 1 is 1.21 bits per heavy atom. The van der Waals surface area contributed by atoms with E-state index in [0.29, 0.717) is 52.0 Å². The molecule has 1 fully saturated rings. The number of nitrogens with zero attached hydrogens (tertiary/aromatic N) is 3. The van der Waals surface area contributed by atoms with Crippen LogP contribution >= 0.6 is 11.3 Å². The second kappa shape index (κ2) is 9.77. The number of thiophene rings is 1. The summed E-state index contributed by atoms with van der Waals surface area (Å²) in [7, 11) is -3.71. The monoisotopic (exact) mass is 502 g/mol. The van der Waals surface area contributed by atoms with Crippen molar-refractivity contribution in [1.82, 2.24) is 14.4 Å². The number of Topliss-reactive ketones (excluding diaryl/α,β-unsaturated/α-hetero) is 1. The summed E-state index contributed by atoms with van der Waals surface area (Å²) < 4.78 is 33.2. The third-order valence-electron chi connectivity index (χ3n) is 5.86. The van der Waals surface area contributed by atoms with Gasteiger partial charge in [0.2, 0.25) is 27.6 Å². The number of aromatic nitrogens is 2. The number of hydrogen-bond donors (Lipinski definition) is 1. The third-order valence-corrected chi connectivity index (χ3v) is 9.07. The Morgan fingerprint density at radius 3 is 2.47 bits per heavy atom. The quantitative estimate of drug-likeness (QED) is 0.486. The second-order valence-electron chi connectivity index (χ2n) is 8.20. The minimum atomic E-state index is -3.71. The van der Waals surface area contributed by atoms with Crippen LogP contribution in [0.1, 0.15) is 47.8 Å². The van der Waals surface area contributed by atoms with Gasteiger partial charge >= 0.3 is 0 Å². The average Bonchev–Trinajstić information content (AvgIpc) is 3.46. The molecular formula is C23H26N4O5S2. The van der Waals surface area contributed by atoms with E-state index in [1.54, 1.807) is 37.3 Å². The van der Waals surface area contributed by atoms with E-state index in [1.807, 2.05) is 6.92 Å². The van der Waals surface area contributed by atoms with Gasteiger partial charge in [-0.2, -0.15) is 9.29 Å². The van der Waals surface area contributed by atoms with Gasteiger partial charge in [-0.05, 0) is 57.0 Å². The summed E-state index contributed by atoms with van der Waals surface area (Å²) in [5.41, 5.74) is 1.19. The van der Waals surface area contributed by atoms with E-state index in [9.17, 15) is 18.0 Å². The molecule has 0 saturated carbocycles. The highest BCUT2D eigenvalue weighted by atomic mass is 32.2. The van der Waals surface area contributed by atoms with Gasteiger partial charge in [0.05, 0.1) is 9.77 Å². The average molecular weight is 503 g/mol. The second-order valence-corrected chi connectivity index (χ2v) is 11.4. The number of anilines is 1. The Kier molecular flexibility index (Phi) is 6.96. The number of piperidine rings is 1. The molecule has 1 N–H and O–H groups in total. The van der Waals surface area contributed by atoms with E-state index in [4.69, 9.17) is 4.52 Å². The summed E-state index contributed by atoms with van der Waals surface area (Å²) in [5, 5.41) is 6.80. The molecule has 180 valence electrons. The molecule has 0 unspecified atom stereocenters. The highest BCUT2D eigenvalue weighted by Gasteiger charge is 2.34. The fourth-order valence-corrected chi connectivity index (χ4v) is 6.82. The van der Waals surface area contributed by atoms with Gasteiger partial charge in [0.25, 0.3) is 0 Å². The smallest absolute Gasteiger partial charge is 0.244 e. The summed E-state index contributed by atoms with van der Waals surface area (Å²) >= 11 is 1.32. The molecule has 9 nitrogen and oxygen atoms in total. The van der Waals surface area contributed by atoms with Crippen LogP contribution < -0.4 is 5.32 Å². The van der Waals surface area contributed by atoms with Crippen LogP contribution in [0.4, 0.5) is 5.69 Å². The van der Waals surface area contributed by atoms with Gasteiger partial charge in [-0.15, -0.1) is 11.3 Å². The molecule has 0 aliphatic carbocycles. The van der Waals surface area contributed by atoms with Gasteiger partial charge in [-0.1, -0.05) is 12.1 Å². The van der Waals surface area contributed by atoms with E-state index in [2.05, 4.69) is 15.5 Å². The van der Waals surface area contributed by atoms with Crippen molar-refractivity contribution in [2.24, 2.45) is 5.92 Å². The number of carbonyl (C=O) groups is 2. The number of amides is 1. The van der Waals surface area contributed by atoms with Crippen molar-refractivity contribution in [2.45, 2.75) is 44.9 Å². The normalized spacial score (nSPS) is 15.4. The summed E-state index contributed by atoms with van der Waals surface area (Å²) in [6.45, 7) is 5.68. The Balaban J connectivity index is 1.40. The first-order valence-electron chi connectivity index (χ1n) is 11.0. The van der Waals surface area contributed by atoms with Crippen LogP contribution in [0.5, 0.6) is 0 Å². The molecule has 0 atom stereocenters. The summed E-state index contributed by atoms with van der Waals surface area (Å²) in [6, 6.07) is 8.32.